The van der Waals surface area contributed by atoms with Gasteiger partial charge in [0.15, 0.2) is 0 Å². The van der Waals surface area contributed by atoms with Crippen molar-refractivity contribution in [1.82, 2.24) is 0 Å². The van der Waals surface area contributed by atoms with Gasteiger partial charge in [0.2, 0.25) is 0 Å². The van der Waals surface area contributed by atoms with Crippen LogP contribution in [0.2, 0.25) is 0 Å². The van der Waals surface area contributed by atoms with Crippen LogP contribution in [0, 0.1) is 35.5 Å². The van der Waals surface area contributed by atoms with E-state index in [2.05, 4.69) is 38.2 Å². The van der Waals surface area contributed by atoms with E-state index in [0.717, 1.165) is 35.5 Å². The predicted octanol–water partition coefficient (Wildman–Crippen LogP) is 10.7. The second-order valence-electron chi connectivity index (χ2n) is 12.0. The second-order valence-corrected chi connectivity index (χ2v) is 12.0. The summed E-state index contributed by atoms with van der Waals surface area (Å²) in [6.07, 6.45) is 39.4. The van der Waals surface area contributed by atoms with Crippen molar-refractivity contribution < 1.29 is 0 Å². The first-order valence-corrected chi connectivity index (χ1v) is 15.1. The lowest BCUT2D eigenvalue weighted by atomic mass is 9.68. The van der Waals surface area contributed by atoms with Crippen LogP contribution in [0.25, 0.3) is 0 Å². The smallest absolute Gasteiger partial charge is 0.0233 e. The minimum atomic E-state index is 0.902. The summed E-state index contributed by atoms with van der Waals surface area (Å²) in [4.78, 5) is 0. The van der Waals surface area contributed by atoms with E-state index >= 15 is 0 Å². The van der Waals surface area contributed by atoms with Crippen LogP contribution in [0.3, 0.4) is 0 Å². The summed E-state index contributed by atoms with van der Waals surface area (Å²) in [5.74, 6) is 6.16. The van der Waals surface area contributed by atoms with Crippen molar-refractivity contribution >= 4 is 0 Å². The van der Waals surface area contributed by atoms with Crippen molar-refractivity contribution in [3.8, 4) is 0 Å². The van der Waals surface area contributed by atoms with Gasteiger partial charge < -0.3 is 0 Å². The fourth-order valence-electron chi connectivity index (χ4n) is 7.37. The molecule has 0 heterocycles. The van der Waals surface area contributed by atoms with E-state index in [-0.39, 0.29) is 0 Å². The van der Waals surface area contributed by atoms with Gasteiger partial charge in [-0.05, 0) is 107 Å². The number of rotatable bonds is 12. The van der Waals surface area contributed by atoms with Gasteiger partial charge in [-0.3, -0.25) is 0 Å². The average Bonchev–Trinajstić information content (AvgIpc) is 2.84. The Balaban J connectivity index is 1.22. The van der Waals surface area contributed by atoms with E-state index in [9.17, 15) is 0 Å². The molecule has 0 bridgehead atoms. The largest absolute Gasteiger partial charge is 0.0917 e. The quantitative estimate of drug-likeness (QED) is 0.209. The molecule has 0 atom stereocenters. The van der Waals surface area contributed by atoms with Crippen LogP contribution in [0.15, 0.2) is 24.3 Å². The zero-order chi connectivity index (χ0) is 22.4. The molecule has 0 saturated heterocycles. The number of hydrogen-bond acceptors (Lipinski definition) is 0. The van der Waals surface area contributed by atoms with E-state index in [4.69, 9.17) is 0 Å². The lowest BCUT2D eigenvalue weighted by molar-refractivity contribution is 0.151. The van der Waals surface area contributed by atoms with Crippen molar-refractivity contribution in [3.05, 3.63) is 24.3 Å². The Morgan fingerprint density at radius 2 is 1.06 bits per heavy atom. The molecule has 0 radical (unpaired) electrons. The maximum Gasteiger partial charge on any atom is -0.0233 e. The van der Waals surface area contributed by atoms with Gasteiger partial charge in [-0.1, -0.05) is 95.4 Å². The van der Waals surface area contributed by atoms with Crippen molar-refractivity contribution in [2.24, 2.45) is 35.5 Å². The number of allylic oxidation sites excluding steroid dienone is 4. The second kappa shape index (κ2) is 15.4. The minimum absolute atomic E-state index is 0.902. The summed E-state index contributed by atoms with van der Waals surface area (Å²) < 4.78 is 0. The molecule has 0 amide bonds. The van der Waals surface area contributed by atoms with Crippen molar-refractivity contribution in [2.75, 3.05) is 0 Å². The SMILES string of the molecule is C/C=C/CC[C@H]1CC[C@H](CC/C=C/C2CCC([C@H]3CC[C@H](CCCCC)CC3)CC2)CC1. The highest BCUT2D eigenvalue weighted by Crippen LogP contribution is 2.42. The first kappa shape index (κ1) is 26.1. The summed E-state index contributed by atoms with van der Waals surface area (Å²) >= 11 is 0. The van der Waals surface area contributed by atoms with E-state index in [1.807, 2.05) is 0 Å². The summed E-state index contributed by atoms with van der Waals surface area (Å²) in [6, 6.07) is 0. The minimum Gasteiger partial charge on any atom is -0.0917 e. The molecule has 3 fully saturated rings. The molecule has 0 aromatic heterocycles. The monoisotopic (exact) mass is 440 g/mol. The first-order valence-electron chi connectivity index (χ1n) is 15.1. The molecule has 3 saturated carbocycles. The molecule has 0 aromatic carbocycles. The molecule has 3 aliphatic carbocycles. The van der Waals surface area contributed by atoms with E-state index in [1.54, 1.807) is 25.7 Å². The Morgan fingerprint density at radius 1 is 0.562 bits per heavy atom. The zero-order valence-corrected chi connectivity index (χ0v) is 21.9. The van der Waals surface area contributed by atoms with Crippen LogP contribution < -0.4 is 0 Å². The summed E-state index contributed by atoms with van der Waals surface area (Å²) in [5.41, 5.74) is 0. The van der Waals surface area contributed by atoms with Gasteiger partial charge >= 0.3 is 0 Å². The number of unbranched alkanes of at least 4 members (excludes halogenated alkanes) is 2. The van der Waals surface area contributed by atoms with E-state index in [1.165, 1.54) is 103 Å². The van der Waals surface area contributed by atoms with E-state index in [0.29, 0.717) is 0 Å². The maximum atomic E-state index is 2.63. The van der Waals surface area contributed by atoms with Gasteiger partial charge in [-0.15, -0.1) is 0 Å². The molecular formula is C32H56. The zero-order valence-electron chi connectivity index (χ0n) is 21.9. The molecule has 32 heavy (non-hydrogen) atoms. The van der Waals surface area contributed by atoms with E-state index < -0.39 is 0 Å². The first-order chi connectivity index (χ1) is 15.8. The Labute approximate surface area is 202 Å². The third-order valence-electron chi connectivity index (χ3n) is 9.68. The fourth-order valence-corrected chi connectivity index (χ4v) is 7.37. The number of hydrogen-bond donors (Lipinski definition) is 0. The third-order valence-corrected chi connectivity index (χ3v) is 9.68. The Bertz CT molecular complexity index is 504. The Hall–Kier alpha value is -0.520. The van der Waals surface area contributed by atoms with Gasteiger partial charge in [0.1, 0.15) is 0 Å². The van der Waals surface area contributed by atoms with Gasteiger partial charge in [-0.2, -0.15) is 0 Å². The molecule has 3 aliphatic rings. The lowest BCUT2D eigenvalue weighted by Crippen LogP contribution is -2.25. The molecule has 0 unspecified atom stereocenters. The molecule has 0 N–H and O–H groups in total. The van der Waals surface area contributed by atoms with Crippen LogP contribution >= 0.6 is 0 Å². The molecule has 0 nitrogen and oxygen atoms in total. The van der Waals surface area contributed by atoms with Gasteiger partial charge in [-0.25, -0.2) is 0 Å². The summed E-state index contributed by atoms with van der Waals surface area (Å²) in [6.45, 7) is 4.48. The van der Waals surface area contributed by atoms with Crippen LogP contribution in [0.5, 0.6) is 0 Å². The normalized spacial score (nSPS) is 34.4. The molecule has 184 valence electrons. The third kappa shape index (κ3) is 9.38. The van der Waals surface area contributed by atoms with Crippen molar-refractivity contribution in [1.29, 1.82) is 0 Å². The Morgan fingerprint density at radius 3 is 1.62 bits per heavy atom. The molecule has 0 aromatic rings. The summed E-state index contributed by atoms with van der Waals surface area (Å²) in [5, 5.41) is 0. The molecular weight excluding hydrogens is 384 g/mol. The van der Waals surface area contributed by atoms with Gasteiger partial charge in [0.25, 0.3) is 0 Å². The highest BCUT2D eigenvalue weighted by atomic mass is 14.4. The highest BCUT2D eigenvalue weighted by Gasteiger charge is 2.30. The van der Waals surface area contributed by atoms with Crippen LogP contribution in [0.4, 0.5) is 0 Å². The van der Waals surface area contributed by atoms with Crippen LogP contribution in [0.1, 0.15) is 142 Å². The molecule has 0 spiro atoms. The fraction of sp³-hybridized carbons (Fsp3) is 0.875. The molecule has 0 heteroatoms. The summed E-state index contributed by atoms with van der Waals surface area (Å²) in [7, 11) is 0. The van der Waals surface area contributed by atoms with Gasteiger partial charge in [0.05, 0.1) is 0 Å². The van der Waals surface area contributed by atoms with Crippen LogP contribution in [-0.2, 0) is 0 Å². The van der Waals surface area contributed by atoms with Crippen molar-refractivity contribution in [2.45, 2.75) is 142 Å². The standard InChI is InChI=1S/C32H56/c1-3-5-7-11-27-15-17-28(18-16-27)13-9-10-14-30-21-25-32(26-22-30)31-23-19-29(20-24-31)12-8-6-4-2/h3,5,10,14,27-32H,4,6-9,11-13,15-26H2,1-2H3/b5-3+,14-10+/t27-,28-,29-,30?,31-,32?. The average molecular weight is 441 g/mol. The maximum absolute atomic E-state index is 2.63. The van der Waals surface area contributed by atoms with Crippen LogP contribution in [-0.4, -0.2) is 0 Å². The predicted molar refractivity (Wildman–Crippen MR) is 143 cm³/mol. The molecule has 3 rings (SSSR count). The lowest BCUT2D eigenvalue weighted by Gasteiger charge is -2.37. The topological polar surface area (TPSA) is 0 Å². The van der Waals surface area contributed by atoms with Gasteiger partial charge in [0, 0.05) is 0 Å². The Kier molecular flexibility index (Phi) is 12.6. The molecule has 0 aliphatic heterocycles. The highest BCUT2D eigenvalue weighted by molar-refractivity contribution is 4.93. The van der Waals surface area contributed by atoms with Crippen molar-refractivity contribution in [3.63, 3.8) is 0 Å².